The molecular formula is C26H32N10O6. The van der Waals surface area contributed by atoms with Gasteiger partial charge >= 0.3 is 5.97 Å². The average Bonchev–Trinajstić information content (AvgIpc) is 2.94. The van der Waals surface area contributed by atoms with Crippen LogP contribution in [-0.4, -0.2) is 94.6 Å². The number of carbonyl (C=O) groups excluding carboxylic acids is 4. The van der Waals surface area contributed by atoms with Gasteiger partial charge < -0.3 is 48.9 Å². The second-order valence-electron chi connectivity index (χ2n) is 9.24. The molecule has 0 radical (unpaired) electrons. The Morgan fingerprint density at radius 2 is 1.38 bits per heavy atom. The molecule has 2 aromatic carbocycles. The normalized spacial score (nSPS) is 16.4. The Bertz CT molecular complexity index is 1420. The van der Waals surface area contributed by atoms with Gasteiger partial charge in [-0.15, -0.1) is 0 Å². The van der Waals surface area contributed by atoms with Crippen molar-refractivity contribution in [3.8, 4) is 0 Å². The van der Waals surface area contributed by atoms with Crippen LogP contribution in [0.4, 0.5) is 11.4 Å². The molecule has 1 heterocycles. The average molecular weight is 581 g/mol. The number of Topliss-reactive ketones (excluding diaryl/α,β-unsaturated/α-hetero) is 1. The highest BCUT2D eigenvalue weighted by molar-refractivity contribution is 6.16. The van der Waals surface area contributed by atoms with Gasteiger partial charge in [-0.05, 0) is 48.5 Å². The minimum absolute atomic E-state index is 0.114. The Balaban J connectivity index is 1.93. The van der Waals surface area contributed by atoms with Crippen LogP contribution in [0.15, 0.2) is 58.5 Å². The maximum atomic E-state index is 13.8. The summed E-state index contributed by atoms with van der Waals surface area (Å²) in [6, 6.07) is 11.8. The highest BCUT2D eigenvalue weighted by Crippen LogP contribution is 2.30. The third-order valence-electron chi connectivity index (χ3n) is 6.45. The van der Waals surface area contributed by atoms with Crippen molar-refractivity contribution in [2.45, 2.75) is 12.0 Å². The number of nitrogens with two attached hydrogens (primary N) is 5. The summed E-state index contributed by atoms with van der Waals surface area (Å²) in [7, 11) is 0. The van der Waals surface area contributed by atoms with Gasteiger partial charge in [0.2, 0.25) is 0 Å². The zero-order valence-electron chi connectivity index (χ0n) is 22.5. The lowest BCUT2D eigenvalue weighted by molar-refractivity contribution is -0.160. The Morgan fingerprint density at radius 1 is 0.857 bits per heavy atom. The lowest BCUT2D eigenvalue weighted by Crippen LogP contribution is -2.72. The van der Waals surface area contributed by atoms with E-state index >= 15 is 0 Å². The number of hydrogen-bond acceptors (Lipinski definition) is 8. The van der Waals surface area contributed by atoms with Crippen LogP contribution < -0.4 is 34.0 Å². The number of aliphatic imine (C=N–C) groups is 2. The number of carboxylic acid groups (broad SMARTS) is 1. The van der Waals surface area contributed by atoms with E-state index in [1.54, 1.807) is 0 Å². The molecule has 16 heteroatoms. The third-order valence-corrected chi connectivity index (χ3v) is 6.45. The number of nitrogens with one attached hydrogen (secondary N) is 1. The zero-order valence-corrected chi connectivity index (χ0v) is 22.5. The number of carboxylic acids is 1. The van der Waals surface area contributed by atoms with Gasteiger partial charge in [0.15, 0.2) is 23.2 Å². The first kappa shape index (κ1) is 31.0. The maximum Gasteiger partial charge on any atom is 0.323 e. The van der Waals surface area contributed by atoms with Crippen LogP contribution in [0.5, 0.6) is 0 Å². The van der Waals surface area contributed by atoms with Crippen molar-refractivity contribution in [1.82, 2.24) is 15.1 Å². The third kappa shape index (κ3) is 6.97. The van der Waals surface area contributed by atoms with Crippen LogP contribution in [0.25, 0.3) is 0 Å². The number of piperazine rings is 1. The molecule has 42 heavy (non-hydrogen) atoms. The standard InChI is InChI=1S/C26H32N10O6/c27-13-19(37)26(9-10-32-21(40)15-1-5-17(6-2-15)33-24(28)29)23(42)35(14-20(38)39)11-12-36(26)22(41)16-3-7-18(8-4-16)34-25(30)31/h1-8H,9-14,27H2,(H,32,40)(H,38,39)(H4,28,29,33)(H4,30,31,34). The number of aliphatic carboxylic acids is 1. The quantitative estimate of drug-likeness (QED) is 0.0862. The molecule has 1 aliphatic rings. The van der Waals surface area contributed by atoms with Gasteiger partial charge in [-0.25, -0.2) is 9.98 Å². The molecule has 1 atom stereocenters. The first-order valence-corrected chi connectivity index (χ1v) is 12.6. The predicted octanol–water partition coefficient (Wildman–Crippen LogP) is -2.05. The van der Waals surface area contributed by atoms with Crippen LogP contribution in [0.3, 0.4) is 0 Å². The SMILES string of the molecule is NCC(=O)C1(CCNC(=O)c2ccc(N=C(N)N)cc2)C(=O)N(CC(=O)O)CCN1C(=O)c1ccc(N=C(N)N)cc1. The molecule has 2 aromatic rings. The molecular weight excluding hydrogens is 548 g/mol. The summed E-state index contributed by atoms with van der Waals surface area (Å²) in [5.74, 6) is -4.59. The van der Waals surface area contributed by atoms with Gasteiger partial charge in [-0.1, -0.05) is 0 Å². The van der Waals surface area contributed by atoms with E-state index in [-0.39, 0.29) is 49.1 Å². The molecule has 16 nitrogen and oxygen atoms in total. The molecule has 12 N–H and O–H groups in total. The van der Waals surface area contributed by atoms with Crippen molar-refractivity contribution in [3.05, 3.63) is 59.7 Å². The number of carbonyl (C=O) groups is 5. The minimum atomic E-state index is -2.18. The number of amides is 3. The molecule has 1 fully saturated rings. The molecule has 0 saturated carbocycles. The number of ketones is 1. The fourth-order valence-electron chi connectivity index (χ4n) is 4.58. The Hall–Kier alpha value is -5.51. The molecule has 3 rings (SSSR count). The van der Waals surface area contributed by atoms with Gasteiger partial charge in [-0.2, -0.15) is 0 Å². The van der Waals surface area contributed by atoms with Crippen LogP contribution >= 0.6 is 0 Å². The topological polar surface area (TPSA) is 279 Å². The smallest absolute Gasteiger partial charge is 0.323 e. The highest BCUT2D eigenvalue weighted by atomic mass is 16.4. The molecule has 1 aliphatic heterocycles. The number of rotatable bonds is 11. The van der Waals surface area contributed by atoms with E-state index < -0.39 is 48.1 Å². The van der Waals surface area contributed by atoms with Crippen molar-refractivity contribution in [1.29, 1.82) is 0 Å². The number of benzene rings is 2. The van der Waals surface area contributed by atoms with E-state index in [9.17, 15) is 29.1 Å². The Labute approximate surface area is 240 Å². The summed E-state index contributed by atoms with van der Waals surface area (Å²) in [6.07, 6.45) is -0.367. The van der Waals surface area contributed by atoms with E-state index in [0.29, 0.717) is 11.4 Å². The zero-order chi connectivity index (χ0) is 31.0. The minimum Gasteiger partial charge on any atom is -0.480 e. The van der Waals surface area contributed by atoms with Crippen LogP contribution in [-0.2, 0) is 14.4 Å². The van der Waals surface area contributed by atoms with Crippen molar-refractivity contribution in [3.63, 3.8) is 0 Å². The van der Waals surface area contributed by atoms with Crippen LogP contribution in [0.2, 0.25) is 0 Å². The van der Waals surface area contributed by atoms with Crippen LogP contribution in [0.1, 0.15) is 27.1 Å². The molecule has 0 bridgehead atoms. The fourth-order valence-corrected chi connectivity index (χ4v) is 4.58. The van der Waals surface area contributed by atoms with E-state index in [2.05, 4.69) is 15.3 Å². The Kier molecular flexibility index (Phi) is 9.77. The largest absolute Gasteiger partial charge is 0.480 e. The van der Waals surface area contributed by atoms with Crippen molar-refractivity contribution >= 4 is 52.8 Å². The first-order chi connectivity index (χ1) is 19.9. The van der Waals surface area contributed by atoms with Crippen molar-refractivity contribution in [2.24, 2.45) is 38.7 Å². The van der Waals surface area contributed by atoms with E-state index in [0.717, 1.165) is 9.80 Å². The van der Waals surface area contributed by atoms with Crippen LogP contribution in [0, 0.1) is 0 Å². The monoisotopic (exact) mass is 580 g/mol. The maximum absolute atomic E-state index is 13.8. The van der Waals surface area contributed by atoms with Gasteiger partial charge in [-0.3, -0.25) is 24.0 Å². The van der Waals surface area contributed by atoms with Gasteiger partial charge in [0.25, 0.3) is 17.7 Å². The summed E-state index contributed by atoms with van der Waals surface area (Å²) < 4.78 is 0. The lowest BCUT2D eigenvalue weighted by Gasteiger charge is -2.48. The number of nitrogens with zero attached hydrogens (tertiary/aromatic N) is 4. The summed E-state index contributed by atoms with van der Waals surface area (Å²) in [5, 5.41) is 12.0. The molecule has 0 aromatic heterocycles. The second-order valence-corrected chi connectivity index (χ2v) is 9.24. The highest BCUT2D eigenvalue weighted by Gasteiger charge is 2.56. The first-order valence-electron chi connectivity index (χ1n) is 12.6. The van der Waals surface area contributed by atoms with E-state index in [4.69, 9.17) is 28.7 Å². The fraction of sp³-hybridized carbons (Fsp3) is 0.269. The molecule has 1 unspecified atom stereocenters. The summed E-state index contributed by atoms with van der Waals surface area (Å²) >= 11 is 0. The van der Waals surface area contributed by atoms with Crippen molar-refractivity contribution < 1.29 is 29.1 Å². The second kappa shape index (κ2) is 13.2. The lowest BCUT2D eigenvalue weighted by atomic mass is 9.83. The summed E-state index contributed by atoms with van der Waals surface area (Å²) in [5.41, 5.74) is 26.2. The summed E-state index contributed by atoms with van der Waals surface area (Å²) in [4.78, 5) is 75.0. The molecule has 3 amide bonds. The molecule has 0 spiro atoms. The predicted molar refractivity (Wildman–Crippen MR) is 153 cm³/mol. The summed E-state index contributed by atoms with van der Waals surface area (Å²) in [6.45, 7) is -1.86. The molecule has 1 saturated heterocycles. The van der Waals surface area contributed by atoms with Gasteiger partial charge in [0.1, 0.15) is 6.54 Å². The number of hydrogen-bond donors (Lipinski definition) is 7. The number of guanidine groups is 2. The van der Waals surface area contributed by atoms with E-state index in [1.165, 1.54) is 48.5 Å². The van der Waals surface area contributed by atoms with Gasteiger partial charge in [0, 0.05) is 37.2 Å². The molecule has 0 aliphatic carbocycles. The van der Waals surface area contributed by atoms with Crippen molar-refractivity contribution in [2.75, 3.05) is 32.7 Å². The van der Waals surface area contributed by atoms with E-state index in [1.807, 2.05) is 0 Å². The molecule has 222 valence electrons. The van der Waals surface area contributed by atoms with Gasteiger partial charge in [0.05, 0.1) is 17.9 Å². The Morgan fingerprint density at radius 3 is 1.86 bits per heavy atom.